The van der Waals surface area contributed by atoms with E-state index in [1.165, 1.54) is 10.6 Å². The van der Waals surface area contributed by atoms with Crippen molar-refractivity contribution in [3.63, 3.8) is 0 Å². The Morgan fingerprint density at radius 1 is 1.20 bits per heavy atom. The number of hydrogen-bond donors (Lipinski definition) is 1. The second-order valence-corrected chi connectivity index (χ2v) is 4.92. The van der Waals surface area contributed by atoms with Crippen molar-refractivity contribution in [2.45, 2.75) is 19.9 Å². The number of aryl methyl sites for hydroxylation is 2. The van der Waals surface area contributed by atoms with Gasteiger partial charge in [-0.2, -0.15) is 0 Å². The van der Waals surface area contributed by atoms with Gasteiger partial charge in [-0.1, -0.05) is 24.3 Å². The Labute approximate surface area is 118 Å². The minimum Gasteiger partial charge on any atom is -0.345 e. The van der Waals surface area contributed by atoms with Crippen LogP contribution in [-0.4, -0.2) is 10.5 Å². The van der Waals surface area contributed by atoms with E-state index in [9.17, 15) is 9.59 Å². The predicted octanol–water partition coefficient (Wildman–Crippen LogP) is 2.18. The maximum atomic E-state index is 12.2. The summed E-state index contributed by atoms with van der Waals surface area (Å²) in [5.74, 6) is -0.184. The van der Waals surface area contributed by atoms with Crippen molar-refractivity contribution < 1.29 is 4.79 Å². The molecule has 4 nitrogen and oxygen atoms in total. The van der Waals surface area contributed by atoms with Crippen LogP contribution in [0.4, 0.5) is 0 Å². The molecule has 0 spiro atoms. The second kappa shape index (κ2) is 5.74. The van der Waals surface area contributed by atoms with Gasteiger partial charge in [-0.05, 0) is 31.0 Å². The summed E-state index contributed by atoms with van der Waals surface area (Å²) in [6.45, 7) is 3.96. The van der Waals surface area contributed by atoms with Crippen LogP contribution >= 0.6 is 0 Å². The Morgan fingerprint density at radius 2 is 1.90 bits per heavy atom. The third kappa shape index (κ3) is 2.96. The minimum absolute atomic E-state index is 0.0825. The highest BCUT2D eigenvalue weighted by Gasteiger charge is 2.13. The van der Waals surface area contributed by atoms with Crippen LogP contribution in [0.25, 0.3) is 0 Å². The Bertz CT molecular complexity index is 689. The maximum Gasteiger partial charge on any atom is 0.253 e. The summed E-state index contributed by atoms with van der Waals surface area (Å²) in [4.78, 5) is 23.5. The molecule has 2 rings (SSSR count). The van der Waals surface area contributed by atoms with Crippen LogP contribution in [0.1, 0.15) is 34.5 Å². The molecule has 20 heavy (non-hydrogen) atoms. The number of carbonyl (C=O) groups excluding carboxylic acids is 1. The van der Waals surface area contributed by atoms with Crippen LogP contribution in [0.2, 0.25) is 0 Å². The number of amides is 1. The third-order valence-electron chi connectivity index (χ3n) is 3.35. The van der Waals surface area contributed by atoms with E-state index in [0.29, 0.717) is 5.56 Å². The molecule has 1 heterocycles. The van der Waals surface area contributed by atoms with Crippen LogP contribution < -0.4 is 10.9 Å². The highest BCUT2D eigenvalue weighted by Crippen LogP contribution is 2.17. The van der Waals surface area contributed by atoms with E-state index in [2.05, 4.69) is 5.32 Å². The molecule has 2 aromatic rings. The number of pyridine rings is 1. The van der Waals surface area contributed by atoms with Crippen LogP contribution in [-0.2, 0) is 7.05 Å². The predicted molar refractivity (Wildman–Crippen MR) is 78.7 cm³/mol. The fourth-order valence-electron chi connectivity index (χ4n) is 2.16. The van der Waals surface area contributed by atoms with Gasteiger partial charge in [0.2, 0.25) is 5.56 Å². The van der Waals surface area contributed by atoms with E-state index in [0.717, 1.165) is 11.1 Å². The van der Waals surface area contributed by atoms with Gasteiger partial charge in [0.25, 0.3) is 5.91 Å². The SMILES string of the molecule is Cc1ccccc1C(C)NC(=O)c1ccc(=O)n(C)c1. The Balaban J connectivity index is 2.17. The van der Waals surface area contributed by atoms with E-state index < -0.39 is 0 Å². The zero-order valence-corrected chi connectivity index (χ0v) is 11.9. The van der Waals surface area contributed by atoms with Crippen molar-refractivity contribution in [3.05, 3.63) is 69.6 Å². The Morgan fingerprint density at radius 3 is 2.55 bits per heavy atom. The Hall–Kier alpha value is -2.36. The molecule has 0 fully saturated rings. The van der Waals surface area contributed by atoms with Gasteiger partial charge in [-0.25, -0.2) is 0 Å². The molecule has 4 heteroatoms. The number of hydrogen-bond acceptors (Lipinski definition) is 2. The summed E-state index contributed by atoms with van der Waals surface area (Å²) in [6.07, 6.45) is 1.54. The lowest BCUT2D eigenvalue weighted by Crippen LogP contribution is -2.28. The third-order valence-corrected chi connectivity index (χ3v) is 3.35. The van der Waals surface area contributed by atoms with Crippen molar-refractivity contribution in [2.75, 3.05) is 0 Å². The van der Waals surface area contributed by atoms with Gasteiger partial charge in [0.1, 0.15) is 0 Å². The Kier molecular flexibility index (Phi) is 4.03. The lowest BCUT2D eigenvalue weighted by atomic mass is 10.0. The van der Waals surface area contributed by atoms with Gasteiger partial charge in [0.15, 0.2) is 0 Å². The molecule has 0 aliphatic carbocycles. The van der Waals surface area contributed by atoms with Gasteiger partial charge in [-0.15, -0.1) is 0 Å². The molecule has 1 unspecified atom stereocenters. The van der Waals surface area contributed by atoms with Crippen LogP contribution in [0.3, 0.4) is 0 Å². The van der Waals surface area contributed by atoms with Crippen LogP contribution in [0.15, 0.2) is 47.4 Å². The van der Waals surface area contributed by atoms with Gasteiger partial charge in [0.05, 0.1) is 11.6 Å². The highest BCUT2D eigenvalue weighted by molar-refractivity contribution is 5.94. The quantitative estimate of drug-likeness (QED) is 0.929. The lowest BCUT2D eigenvalue weighted by Gasteiger charge is -2.16. The summed E-state index contributed by atoms with van der Waals surface area (Å²) in [5, 5.41) is 2.95. The minimum atomic E-state index is -0.184. The summed E-state index contributed by atoms with van der Waals surface area (Å²) >= 11 is 0. The number of nitrogens with zero attached hydrogens (tertiary/aromatic N) is 1. The van der Waals surface area contributed by atoms with Crippen molar-refractivity contribution in [2.24, 2.45) is 7.05 Å². The summed E-state index contributed by atoms with van der Waals surface area (Å²) in [6, 6.07) is 10.8. The fourth-order valence-corrected chi connectivity index (χ4v) is 2.16. The number of rotatable bonds is 3. The largest absolute Gasteiger partial charge is 0.345 e. The molecule has 0 saturated carbocycles. The van der Waals surface area contributed by atoms with Crippen LogP contribution in [0.5, 0.6) is 0 Å². The van der Waals surface area contributed by atoms with Gasteiger partial charge in [0, 0.05) is 19.3 Å². The van der Waals surface area contributed by atoms with Crippen molar-refractivity contribution in [1.29, 1.82) is 0 Å². The van der Waals surface area contributed by atoms with E-state index in [4.69, 9.17) is 0 Å². The smallest absolute Gasteiger partial charge is 0.253 e. The number of carbonyl (C=O) groups is 1. The first-order valence-electron chi connectivity index (χ1n) is 6.52. The lowest BCUT2D eigenvalue weighted by molar-refractivity contribution is 0.0939. The normalized spacial score (nSPS) is 11.9. The van der Waals surface area contributed by atoms with E-state index >= 15 is 0 Å². The molecule has 0 bridgehead atoms. The molecular weight excluding hydrogens is 252 g/mol. The standard InChI is InChI=1S/C16H18N2O2/c1-11-6-4-5-7-14(11)12(2)17-16(20)13-8-9-15(19)18(3)10-13/h4-10,12H,1-3H3,(H,17,20). The fraction of sp³-hybridized carbons (Fsp3) is 0.250. The molecule has 0 saturated heterocycles. The van der Waals surface area contributed by atoms with Crippen molar-refractivity contribution in [1.82, 2.24) is 9.88 Å². The summed E-state index contributed by atoms with van der Waals surface area (Å²) in [5.41, 5.74) is 2.58. The first-order chi connectivity index (χ1) is 9.49. The molecule has 1 N–H and O–H groups in total. The second-order valence-electron chi connectivity index (χ2n) is 4.92. The number of nitrogens with one attached hydrogen (secondary N) is 1. The molecule has 104 valence electrons. The van der Waals surface area contributed by atoms with Crippen LogP contribution in [0, 0.1) is 6.92 Å². The molecule has 1 aromatic carbocycles. The van der Waals surface area contributed by atoms with Gasteiger partial charge >= 0.3 is 0 Å². The van der Waals surface area contributed by atoms with Gasteiger partial charge in [-0.3, -0.25) is 9.59 Å². The average Bonchev–Trinajstić information content (AvgIpc) is 2.42. The monoisotopic (exact) mass is 270 g/mol. The first-order valence-corrected chi connectivity index (χ1v) is 6.52. The van der Waals surface area contributed by atoms with E-state index in [1.54, 1.807) is 19.3 Å². The average molecular weight is 270 g/mol. The highest BCUT2D eigenvalue weighted by atomic mass is 16.2. The molecule has 1 amide bonds. The molecule has 1 atom stereocenters. The number of benzene rings is 1. The summed E-state index contributed by atoms with van der Waals surface area (Å²) < 4.78 is 1.40. The maximum absolute atomic E-state index is 12.2. The molecule has 0 aliphatic rings. The number of aromatic nitrogens is 1. The molecule has 1 aromatic heterocycles. The molecular formula is C16H18N2O2. The zero-order chi connectivity index (χ0) is 14.7. The first kappa shape index (κ1) is 14.1. The van der Waals surface area contributed by atoms with Crippen molar-refractivity contribution in [3.8, 4) is 0 Å². The topological polar surface area (TPSA) is 51.1 Å². The molecule has 0 radical (unpaired) electrons. The van der Waals surface area contributed by atoms with E-state index in [1.807, 2.05) is 38.1 Å². The molecule has 0 aliphatic heterocycles. The van der Waals surface area contributed by atoms with E-state index in [-0.39, 0.29) is 17.5 Å². The summed E-state index contributed by atoms with van der Waals surface area (Å²) in [7, 11) is 1.63. The zero-order valence-electron chi connectivity index (χ0n) is 11.9. The van der Waals surface area contributed by atoms with Crippen molar-refractivity contribution >= 4 is 5.91 Å². The van der Waals surface area contributed by atoms with Gasteiger partial charge < -0.3 is 9.88 Å².